The molecule has 3 amide bonds. The van der Waals surface area contributed by atoms with Gasteiger partial charge in [0.25, 0.3) is 5.91 Å². The van der Waals surface area contributed by atoms with Crippen molar-refractivity contribution in [1.29, 1.82) is 0 Å². The number of esters is 1. The number of anilines is 2. The Hall–Kier alpha value is -3.68. The lowest BCUT2D eigenvalue weighted by Gasteiger charge is -2.24. The van der Waals surface area contributed by atoms with Crippen molar-refractivity contribution in [3.63, 3.8) is 0 Å². The summed E-state index contributed by atoms with van der Waals surface area (Å²) >= 11 is 0. The van der Waals surface area contributed by atoms with Crippen LogP contribution in [0.25, 0.3) is 0 Å². The molecule has 2 aliphatic rings. The van der Waals surface area contributed by atoms with Crippen LogP contribution >= 0.6 is 0 Å². The average Bonchev–Trinajstić information content (AvgIpc) is 3.00. The molecule has 2 saturated heterocycles. The summed E-state index contributed by atoms with van der Waals surface area (Å²) in [6, 6.07) is 2.01. The molecule has 14 heteroatoms. The van der Waals surface area contributed by atoms with Crippen LogP contribution < -0.4 is 15.1 Å². The number of carbonyl (C=O) groups is 4. The van der Waals surface area contributed by atoms with Gasteiger partial charge >= 0.3 is 18.2 Å². The van der Waals surface area contributed by atoms with Crippen molar-refractivity contribution in [2.45, 2.75) is 20.5 Å². The van der Waals surface area contributed by atoms with Crippen molar-refractivity contribution < 1.29 is 47.0 Å². The molecular weight excluding hydrogens is 474 g/mol. The van der Waals surface area contributed by atoms with Crippen LogP contribution in [-0.4, -0.2) is 88.3 Å². The van der Waals surface area contributed by atoms with E-state index in [4.69, 9.17) is 9.57 Å². The van der Waals surface area contributed by atoms with Crippen LogP contribution in [0.2, 0.25) is 0 Å². The highest BCUT2D eigenvalue weighted by molar-refractivity contribution is 5.90. The Morgan fingerprint density at radius 1 is 1.17 bits per heavy atom. The highest BCUT2D eigenvalue weighted by Crippen LogP contribution is 2.31. The van der Waals surface area contributed by atoms with Gasteiger partial charge in [-0.05, 0) is 0 Å². The van der Waals surface area contributed by atoms with E-state index in [0.717, 1.165) is 29.0 Å². The first-order chi connectivity index (χ1) is 16.2. The van der Waals surface area contributed by atoms with Crippen LogP contribution in [0, 0.1) is 11.6 Å². The second-order valence-corrected chi connectivity index (χ2v) is 7.34. The van der Waals surface area contributed by atoms with Crippen LogP contribution in [-0.2, 0) is 28.6 Å². The van der Waals surface area contributed by atoms with Gasteiger partial charge in [-0.15, -0.1) is 0 Å². The normalized spacial score (nSPS) is 17.8. The van der Waals surface area contributed by atoms with Gasteiger partial charge in [-0.1, -0.05) is 7.43 Å². The van der Waals surface area contributed by atoms with E-state index < -0.39 is 48.4 Å². The molecule has 3 rings (SSSR count). The van der Waals surface area contributed by atoms with Gasteiger partial charge in [0, 0.05) is 32.1 Å². The fraction of sp³-hybridized carbons (Fsp3) is 0.524. The summed E-state index contributed by atoms with van der Waals surface area (Å²) in [5.41, 5.74) is -0.383. The Morgan fingerprint density at radius 3 is 2.49 bits per heavy atom. The van der Waals surface area contributed by atoms with E-state index in [9.17, 15) is 28.0 Å². The summed E-state index contributed by atoms with van der Waals surface area (Å²) in [4.78, 5) is 54.0. The first-order valence-electron chi connectivity index (χ1n) is 10.3. The maximum atomic E-state index is 15.0. The van der Waals surface area contributed by atoms with Gasteiger partial charge in [0.1, 0.15) is 11.8 Å². The van der Waals surface area contributed by atoms with Crippen LogP contribution in [0.4, 0.5) is 29.7 Å². The molecule has 0 bridgehead atoms. The van der Waals surface area contributed by atoms with E-state index >= 15 is 0 Å². The zero-order chi connectivity index (χ0) is 24.8. The number of nitrogens with one attached hydrogen (secondary N) is 1. The monoisotopic (exact) mass is 502 g/mol. The Bertz CT molecular complexity index is 940. The van der Waals surface area contributed by atoms with Crippen molar-refractivity contribution in [1.82, 2.24) is 10.4 Å². The quantitative estimate of drug-likeness (QED) is 0.454. The Morgan fingerprint density at radius 2 is 1.86 bits per heavy atom. The zero-order valence-corrected chi connectivity index (χ0v) is 18.5. The Balaban J connectivity index is 0.00000432. The van der Waals surface area contributed by atoms with Gasteiger partial charge in [0.2, 0.25) is 0 Å². The number of nitrogens with zero attached hydrogens (tertiary/aromatic N) is 3. The lowest BCUT2D eigenvalue weighted by atomic mass is 10.2. The number of cyclic esters (lactones) is 1. The van der Waals surface area contributed by atoms with Crippen LogP contribution in [0.3, 0.4) is 0 Å². The van der Waals surface area contributed by atoms with E-state index in [0.29, 0.717) is 0 Å². The van der Waals surface area contributed by atoms with E-state index in [1.54, 1.807) is 0 Å². The molecule has 0 saturated carbocycles. The first-order valence-corrected chi connectivity index (χ1v) is 10.3. The summed E-state index contributed by atoms with van der Waals surface area (Å²) in [5, 5.41) is 3.37. The Kier molecular flexibility index (Phi) is 9.57. The number of alkyl carbamates (subject to hydrolysis) is 1. The third-order valence-corrected chi connectivity index (χ3v) is 5.02. The lowest BCUT2D eigenvalue weighted by Crippen LogP contribution is -2.37. The number of benzene rings is 1. The van der Waals surface area contributed by atoms with Gasteiger partial charge in [-0.3, -0.25) is 19.3 Å². The average molecular weight is 502 g/mol. The summed E-state index contributed by atoms with van der Waals surface area (Å²) in [7, 11) is 1.18. The molecule has 2 fully saturated rings. The topological polar surface area (TPSA) is 127 Å². The summed E-state index contributed by atoms with van der Waals surface area (Å²) in [6.45, 7) is 0.664. The number of hydrogen-bond donors (Lipinski definition) is 1. The van der Waals surface area contributed by atoms with Crippen LogP contribution in [0.15, 0.2) is 12.1 Å². The van der Waals surface area contributed by atoms with Crippen LogP contribution in [0.5, 0.6) is 0 Å². The minimum Gasteiger partial charge on any atom is -0.456 e. The number of halogens is 2. The smallest absolute Gasteiger partial charge is 0.414 e. The number of rotatable bonds is 6. The predicted molar refractivity (Wildman–Crippen MR) is 118 cm³/mol. The number of amides is 3. The molecule has 0 spiro atoms. The molecule has 1 aromatic rings. The largest absolute Gasteiger partial charge is 0.456 e. The Labute approximate surface area is 200 Å². The summed E-state index contributed by atoms with van der Waals surface area (Å²) in [5.74, 6) is -3.06. The molecule has 0 aromatic heterocycles. The SMILES string of the molecule is C.COC(=O)NC[C@H]1CN(c2cc(F)c(N3CCON(C(=O)COC(C)=O)CC3)c(F)c2)C(=O)O1. The van der Waals surface area contributed by atoms with Gasteiger partial charge < -0.3 is 24.4 Å². The number of hydrogen-bond acceptors (Lipinski definition) is 9. The molecule has 194 valence electrons. The highest BCUT2D eigenvalue weighted by atomic mass is 19.1. The molecule has 0 unspecified atom stereocenters. The minimum absolute atomic E-state index is 0. The second-order valence-electron chi connectivity index (χ2n) is 7.34. The fourth-order valence-electron chi connectivity index (χ4n) is 3.42. The molecule has 2 aliphatic heterocycles. The molecule has 0 radical (unpaired) electrons. The van der Waals surface area contributed by atoms with Gasteiger partial charge in [-0.2, -0.15) is 0 Å². The maximum absolute atomic E-state index is 15.0. The van der Waals surface area contributed by atoms with Gasteiger partial charge in [0.15, 0.2) is 18.2 Å². The number of methoxy groups -OCH3 is 1. The van der Waals surface area contributed by atoms with Crippen molar-refractivity contribution in [2.75, 3.05) is 62.8 Å². The van der Waals surface area contributed by atoms with Crippen molar-refractivity contribution in [2.24, 2.45) is 0 Å². The predicted octanol–water partition coefficient (Wildman–Crippen LogP) is 1.43. The summed E-state index contributed by atoms with van der Waals surface area (Å²) in [6.07, 6.45) is -2.24. The number of carbonyl (C=O) groups excluding carboxylic acids is 4. The molecule has 1 N–H and O–H groups in total. The molecule has 35 heavy (non-hydrogen) atoms. The second kappa shape index (κ2) is 12.1. The van der Waals surface area contributed by atoms with Gasteiger partial charge in [0.05, 0.1) is 39.0 Å². The molecule has 1 aromatic carbocycles. The standard InChI is InChI=1S/C20H24F2N4O8.CH4/c1-12(27)32-11-17(28)26-4-3-24(5-6-33-26)18-15(21)7-13(8-16(18)22)25-10-14(34-20(25)30)9-23-19(29)31-2;/h7-8,14H,3-6,9-11H2,1-2H3,(H,23,29);1H4/t14-;/m0./s1. The van der Waals surface area contributed by atoms with E-state index in [1.165, 1.54) is 12.0 Å². The first kappa shape index (κ1) is 27.6. The number of ether oxygens (including phenoxy) is 3. The molecule has 0 aliphatic carbocycles. The molecular formula is C21H28F2N4O8. The highest BCUT2D eigenvalue weighted by Gasteiger charge is 2.34. The molecule has 2 heterocycles. The zero-order valence-electron chi connectivity index (χ0n) is 18.5. The third kappa shape index (κ3) is 6.91. The van der Waals surface area contributed by atoms with E-state index in [1.807, 2.05) is 0 Å². The van der Waals surface area contributed by atoms with Crippen molar-refractivity contribution in [3.05, 3.63) is 23.8 Å². The molecule has 12 nitrogen and oxygen atoms in total. The van der Waals surface area contributed by atoms with Gasteiger partial charge in [-0.25, -0.2) is 23.4 Å². The third-order valence-electron chi connectivity index (χ3n) is 5.02. The maximum Gasteiger partial charge on any atom is 0.414 e. The molecule has 1 atom stereocenters. The van der Waals surface area contributed by atoms with Crippen LogP contribution in [0.1, 0.15) is 14.4 Å². The van der Waals surface area contributed by atoms with Crippen molar-refractivity contribution in [3.8, 4) is 0 Å². The van der Waals surface area contributed by atoms with E-state index in [2.05, 4.69) is 14.8 Å². The summed E-state index contributed by atoms with van der Waals surface area (Å²) < 4.78 is 44.1. The van der Waals surface area contributed by atoms with E-state index in [-0.39, 0.29) is 58.1 Å². The fourth-order valence-corrected chi connectivity index (χ4v) is 3.42. The minimum atomic E-state index is -0.918. The number of hydroxylamine groups is 2. The van der Waals surface area contributed by atoms with Crippen molar-refractivity contribution >= 4 is 35.4 Å². The lowest BCUT2D eigenvalue weighted by molar-refractivity contribution is -0.187.